The van der Waals surface area contributed by atoms with E-state index < -0.39 is 7.04 Å². The highest BCUT2D eigenvalue weighted by molar-refractivity contribution is 6.03. The number of H-pyrrole nitrogens is 1. The van der Waals surface area contributed by atoms with E-state index in [0.29, 0.717) is 27.5 Å². The molecule has 0 aliphatic carbocycles. The Morgan fingerprint density at radius 1 is 1.22 bits per heavy atom. The van der Waals surface area contributed by atoms with Crippen LogP contribution in [0.2, 0.25) is 0 Å². The molecule has 0 aliphatic heterocycles. The Labute approximate surface area is 134 Å². The molecule has 6 nitrogen and oxygen atoms in total. The van der Waals surface area contributed by atoms with E-state index in [2.05, 4.69) is 10.1 Å². The van der Waals surface area contributed by atoms with Gasteiger partial charge >= 0.3 is 0 Å². The Hall–Kier alpha value is -3.28. The zero-order valence-electron chi connectivity index (χ0n) is 14.8. The first-order chi connectivity index (χ1) is 12.3. The van der Waals surface area contributed by atoms with Gasteiger partial charge in [-0.25, -0.2) is 4.68 Å². The molecule has 6 heteroatoms. The number of fused-ring (bicyclic) bond motifs is 3. The number of hydrogen-bond acceptors (Lipinski definition) is 4. The molecule has 0 aliphatic rings. The number of rotatable bonds is 2. The first kappa shape index (κ1) is 10.4. The summed E-state index contributed by atoms with van der Waals surface area (Å²) in [7, 11) is -2.53. The number of benzene rings is 2. The van der Waals surface area contributed by atoms with E-state index in [4.69, 9.17) is 8.85 Å². The highest BCUT2D eigenvalue weighted by Crippen LogP contribution is 2.24. The van der Waals surface area contributed by atoms with Crippen LogP contribution in [-0.4, -0.2) is 26.9 Å². The van der Waals surface area contributed by atoms with Gasteiger partial charge in [0, 0.05) is 17.6 Å². The summed E-state index contributed by atoms with van der Waals surface area (Å²) in [5.74, 6) is 0.275. The molecule has 0 saturated carbocycles. The van der Waals surface area contributed by atoms with Crippen molar-refractivity contribution in [3.05, 3.63) is 59.0 Å². The number of nitrogens with zero attached hydrogens (tertiary/aromatic N) is 2. The number of aromatic amines is 1. The number of methoxy groups -OCH3 is 1. The molecule has 0 bridgehead atoms. The van der Waals surface area contributed by atoms with E-state index in [1.165, 1.54) is 35.1 Å². The van der Waals surface area contributed by atoms with Crippen molar-refractivity contribution in [1.29, 1.82) is 0 Å². The third-order valence-corrected chi connectivity index (χ3v) is 3.72. The molecule has 0 spiro atoms. The summed E-state index contributed by atoms with van der Waals surface area (Å²) < 4.78 is 27.5. The van der Waals surface area contributed by atoms with E-state index in [9.17, 15) is 9.90 Å². The van der Waals surface area contributed by atoms with Gasteiger partial charge in [0.1, 0.15) is 11.5 Å². The minimum Gasteiger partial charge on any atom is -0.508 e. The molecule has 0 atom stereocenters. The van der Waals surface area contributed by atoms with E-state index in [-0.39, 0.29) is 17.1 Å². The zero-order chi connectivity index (χ0) is 18.5. The summed E-state index contributed by atoms with van der Waals surface area (Å²) >= 11 is 0. The average Bonchev–Trinajstić information content (AvgIpc) is 2.91. The summed E-state index contributed by atoms with van der Waals surface area (Å²) in [4.78, 5) is 16.9. The predicted octanol–water partition coefficient (Wildman–Crippen LogP) is 2.58. The van der Waals surface area contributed by atoms with Crippen LogP contribution in [0.15, 0.2) is 53.5 Å². The average molecular weight is 310 g/mol. The van der Waals surface area contributed by atoms with E-state index >= 15 is 0 Å². The van der Waals surface area contributed by atoms with Crippen molar-refractivity contribution in [2.75, 3.05) is 7.04 Å². The lowest BCUT2D eigenvalue weighted by molar-refractivity contribution is 0.414. The number of nitrogens with one attached hydrogen (secondary N) is 1. The Morgan fingerprint density at radius 2 is 2.04 bits per heavy atom. The summed E-state index contributed by atoms with van der Waals surface area (Å²) in [6.45, 7) is 0. The van der Waals surface area contributed by atoms with Crippen molar-refractivity contribution in [3.63, 3.8) is 0 Å². The van der Waals surface area contributed by atoms with Crippen molar-refractivity contribution in [2.45, 2.75) is 0 Å². The minimum atomic E-state index is -2.53. The smallest absolute Gasteiger partial charge is 0.280 e. The number of ether oxygens (including phenoxy) is 1. The number of aromatic hydroxyl groups is 1. The van der Waals surface area contributed by atoms with Crippen LogP contribution in [-0.2, 0) is 0 Å². The number of hydrogen-bond donors (Lipinski definition) is 2. The largest absolute Gasteiger partial charge is 0.508 e. The minimum absolute atomic E-state index is 0.0935. The van der Waals surface area contributed by atoms with E-state index in [0.717, 1.165) is 0 Å². The maximum atomic E-state index is 12.7. The number of pyridine rings is 1. The molecular weight excluding hydrogens is 294 g/mol. The third kappa shape index (κ3) is 2.03. The quantitative estimate of drug-likeness (QED) is 0.596. The molecule has 4 rings (SSSR count). The van der Waals surface area contributed by atoms with Crippen LogP contribution in [0.1, 0.15) is 4.11 Å². The molecule has 4 aromatic rings. The molecule has 23 heavy (non-hydrogen) atoms. The third-order valence-electron chi connectivity index (χ3n) is 3.72. The van der Waals surface area contributed by atoms with Crippen molar-refractivity contribution in [2.24, 2.45) is 0 Å². The standard InChI is InChI=1S/C17H13N3O3/c1-23-12-5-2-10(3-6-12)20-17(22)14-9-18-15-8-11(21)4-7-13(15)16(14)19-20/h2-9,19,21H,1H3/i1D3. The SMILES string of the molecule is [2H]C([2H])([2H])Oc1ccc(-n2[nH]c3c(cnc4cc(O)ccc43)c2=O)cc1. The summed E-state index contributed by atoms with van der Waals surface area (Å²) in [6.07, 6.45) is 1.46. The molecule has 0 fully saturated rings. The molecule has 0 unspecified atom stereocenters. The monoisotopic (exact) mass is 310 g/mol. The molecule has 2 N–H and O–H groups in total. The predicted molar refractivity (Wildman–Crippen MR) is 87.4 cm³/mol. The number of aromatic nitrogens is 3. The van der Waals surface area contributed by atoms with Crippen LogP contribution < -0.4 is 10.3 Å². The molecule has 2 heterocycles. The van der Waals surface area contributed by atoms with Crippen molar-refractivity contribution in [1.82, 2.24) is 14.8 Å². The van der Waals surface area contributed by atoms with Crippen molar-refractivity contribution >= 4 is 21.8 Å². The van der Waals surface area contributed by atoms with Crippen LogP contribution in [0.25, 0.3) is 27.5 Å². The number of phenols is 1. The van der Waals surface area contributed by atoms with Crippen LogP contribution >= 0.6 is 0 Å². The Kier molecular flexibility index (Phi) is 2.21. The molecule has 2 aromatic carbocycles. The van der Waals surface area contributed by atoms with Crippen molar-refractivity contribution < 1.29 is 14.0 Å². The molecular formula is C17H13N3O3. The summed E-state index contributed by atoms with van der Waals surface area (Å²) in [5.41, 5.74) is 1.40. The van der Waals surface area contributed by atoms with Gasteiger partial charge in [0.25, 0.3) is 5.56 Å². The van der Waals surface area contributed by atoms with Gasteiger partial charge in [0.2, 0.25) is 0 Å². The lowest BCUT2D eigenvalue weighted by atomic mass is 10.1. The molecule has 2 aromatic heterocycles. The van der Waals surface area contributed by atoms with Gasteiger partial charge in [-0.15, -0.1) is 0 Å². The van der Waals surface area contributed by atoms with Gasteiger partial charge in [-0.1, -0.05) is 0 Å². The fraction of sp³-hybridized carbons (Fsp3) is 0.0588. The van der Waals surface area contributed by atoms with Gasteiger partial charge in [0.15, 0.2) is 0 Å². The van der Waals surface area contributed by atoms with Gasteiger partial charge in [0.05, 0.1) is 33.3 Å². The van der Waals surface area contributed by atoms with Crippen molar-refractivity contribution in [3.8, 4) is 17.2 Å². The summed E-state index contributed by atoms with van der Waals surface area (Å²) in [5, 5.41) is 13.7. The lowest BCUT2D eigenvalue weighted by Gasteiger charge is -2.03. The van der Waals surface area contributed by atoms with E-state index in [1.807, 2.05) is 0 Å². The van der Waals surface area contributed by atoms with Gasteiger partial charge in [-0.2, -0.15) is 0 Å². The normalized spacial score (nSPS) is 13.7. The summed E-state index contributed by atoms with van der Waals surface area (Å²) in [6, 6.07) is 10.9. The highest BCUT2D eigenvalue weighted by Gasteiger charge is 2.12. The second-order valence-electron chi connectivity index (χ2n) is 5.10. The topological polar surface area (TPSA) is 80.1 Å². The van der Waals surface area contributed by atoms with Gasteiger partial charge in [-0.05, 0) is 36.4 Å². The van der Waals surface area contributed by atoms with Gasteiger partial charge < -0.3 is 9.84 Å². The Morgan fingerprint density at radius 3 is 2.83 bits per heavy atom. The van der Waals surface area contributed by atoms with Crippen LogP contribution in [0.4, 0.5) is 0 Å². The first-order valence-electron chi connectivity index (χ1n) is 8.34. The molecule has 0 saturated heterocycles. The maximum Gasteiger partial charge on any atom is 0.280 e. The fourth-order valence-corrected chi connectivity index (χ4v) is 2.59. The molecule has 0 radical (unpaired) electrons. The van der Waals surface area contributed by atoms with Crippen LogP contribution in [0, 0.1) is 0 Å². The lowest BCUT2D eigenvalue weighted by Crippen LogP contribution is -2.14. The van der Waals surface area contributed by atoms with Crippen LogP contribution in [0.3, 0.4) is 0 Å². The maximum absolute atomic E-state index is 12.7. The zero-order valence-corrected chi connectivity index (χ0v) is 11.8. The van der Waals surface area contributed by atoms with Crippen LogP contribution in [0.5, 0.6) is 11.5 Å². The molecule has 0 amide bonds. The highest BCUT2D eigenvalue weighted by atomic mass is 16.5. The first-order valence-corrected chi connectivity index (χ1v) is 6.84. The fourth-order valence-electron chi connectivity index (χ4n) is 2.59. The second kappa shape index (κ2) is 4.88. The second-order valence-corrected chi connectivity index (χ2v) is 5.10. The molecule has 114 valence electrons. The Bertz CT molecular complexity index is 1180. The number of phenolic OH excluding ortho intramolecular Hbond substituents is 1. The van der Waals surface area contributed by atoms with E-state index in [1.54, 1.807) is 18.2 Å². The Balaban J connectivity index is 1.83. The van der Waals surface area contributed by atoms with Gasteiger partial charge in [-0.3, -0.25) is 14.9 Å².